The van der Waals surface area contributed by atoms with Crippen molar-refractivity contribution in [3.05, 3.63) is 35.4 Å². The van der Waals surface area contributed by atoms with Gasteiger partial charge in [-0.1, -0.05) is 12.1 Å². The fourth-order valence-electron chi connectivity index (χ4n) is 1.03. The summed E-state index contributed by atoms with van der Waals surface area (Å²) >= 11 is 0. The SMILES string of the molecule is C[C@@](O)(c1ccc(C#N)cc1)C(F)(F)F. The smallest absolute Gasteiger partial charge is 0.376 e. The van der Waals surface area contributed by atoms with Crippen molar-refractivity contribution in [2.75, 3.05) is 0 Å². The summed E-state index contributed by atoms with van der Waals surface area (Å²) in [5.41, 5.74) is -2.92. The Bertz CT molecular complexity index is 387. The number of aliphatic hydroxyl groups is 1. The van der Waals surface area contributed by atoms with Crippen LogP contribution in [0.4, 0.5) is 13.2 Å². The molecule has 0 saturated heterocycles. The second-order valence-corrected chi connectivity index (χ2v) is 3.26. The van der Waals surface area contributed by atoms with Crippen molar-refractivity contribution in [3.63, 3.8) is 0 Å². The van der Waals surface area contributed by atoms with Crippen LogP contribution in [0.3, 0.4) is 0 Å². The van der Waals surface area contributed by atoms with Gasteiger partial charge in [-0.05, 0) is 24.6 Å². The number of alkyl halides is 3. The first-order chi connectivity index (χ1) is 6.79. The molecule has 2 nitrogen and oxygen atoms in total. The van der Waals surface area contributed by atoms with Gasteiger partial charge in [-0.15, -0.1) is 0 Å². The largest absolute Gasteiger partial charge is 0.421 e. The lowest BCUT2D eigenvalue weighted by molar-refractivity contribution is -0.258. The average Bonchev–Trinajstić information content (AvgIpc) is 2.16. The van der Waals surface area contributed by atoms with Crippen LogP contribution in [0.15, 0.2) is 24.3 Å². The van der Waals surface area contributed by atoms with Crippen molar-refractivity contribution in [1.29, 1.82) is 5.26 Å². The van der Waals surface area contributed by atoms with E-state index in [-0.39, 0.29) is 11.1 Å². The predicted octanol–water partition coefficient (Wildman–Crippen LogP) is 2.33. The summed E-state index contributed by atoms with van der Waals surface area (Å²) in [7, 11) is 0. The van der Waals surface area contributed by atoms with Crippen LogP contribution in [0, 0.1) is 11.3 Å². The molecule has 0 aliphatic carbocycles. The molecule has 0 fully saturated rings. The number of hydrogen-bond donors (Lipinski definition) is 1. The van der Waals surface area contributed by atoms with Crippen molar-refractivity contribution in [2.24, 2.45) is 0 Å². The third-order valence-corrected chi connectivity index (χ3v) is 2.13. The van der Waals surface area contributed by atoms with E-state index in [2.05, 4.69) is 0 Å². The molecular weight excluding hydrogens is 207 g/mol. The highest BCUT2D eigenvalue weighted by molar-refractivity contribution is 5.34. The number of rotatable bonds is 1. The number of halogens is 3. The molecule has 15 heavy (non-hydrogen) atoms. The third-order valence-electron chi connectivity index (χ3n) is 2.13. The van der Waals surface area contributed by atoms with E-state index in [1.807, 2.05) is 0 Å². The maximum Gasteiger partial charge on any atom is 0.421 e. The first kappa shape index (κ1) is 11.5. The van der Waals surface area contributed by atoms with Gasteiger partial charge < -0.3 is 5.11 Å². The molecule has 1 N–H and O–H groups in total. The summed E-state index contributed by atoms with van der Waals surface area (Å²) < 4.78 is 37.2. The molecule has 0 aliphatic heterocycles. The van der Waals surface area contributed by atoms with E-state index in [4.69, 9.17) is 5.26 Å². The Morgan fingerprint density at radius 1 is 1.20 bits per heavy atom. The van der Waals surface area contributed by atoms with Gasteiger partial charge in [-0.25, -0.2) is 0 Å². The minimum Gasteiger partial charge on any atom is -0.376 e. The van der Waals surface area contributed by atoms with Gasteiger partial charge >= 0.3 is 6.18 Å². The monoisotopic (exact) mass is 215 g/mol. The molecular formula is C10H8F3NO. The first-order valence-electron chi connectivity index (χ1n) is 4.09. The van der Waals surface area contributed by atoms with Crippen molar-refractivity contribution in [2.45, 2.75) is 18.7 Å². The van der Waals surface area contributed by atoms with Crippen LogP contribution in [0.25, 0.3) is 0 Å². The Hall–Kier alpha value is -1.54. The van der Waals surface area contributed by atoms with Gasteiger partial charge in [0.1, 0.15) is 0 Å². The van der Waals surface area contributed by atoms with Crippen molar-refractivity contribution >= 4 is 0 Å². The number of benzene rings is 1. The summed E-state index contributed by atoms with van der Waals surface area (Å²) in [6, 6.07) is 6.42. The molecule has 0 unspecified atom stereocenters. The molecule has 1 aromatic rings. The summed E-state index contributed by atoms with van der Waals surface area (Å²) in [5, 5.41) is 17.7. The molecule has 0 amide bonds. The summed E-state index contributed by atoms with van der Waals surface area (Å²) in [4.78, 5) is 0. The minimum atomic E-state index is -4.73. The number of hydrogen-bond acceptors (Lipinski definition) is 2. The van der Waals surface area contributed by atoms with Crippen LogP contribution in [-0.2, 0) is 5.60 Å². The van der Waals surface area contributed by atoms with Gasteiger partial charge in [0.15, 0.2) is 5.60 Å². The summed E-state index contributed by atoms with van der Waals surface area (Å²) in [6.45, 7) is 0.675. The van der Waals surface area contributed by atoms with E-state index < -0.39 is 11.8 Å². The lowest BCUT2D eigenvalue weighted by Gasteiger charge is -2.26. The highest BCUT2D eigenvalue weighted by atomic mass is 19.4. The Labute approximate surface area is 84.6 Å². The zero-order valence-electron chi connectivity index (χ0n) is 7.84. The van der Waals surface area contributed by atoms with Crippen molar-refractivity contribution in [1.82, 2.24) is 0 Å². The quantitative estimate of drug-likeness (QED) is 0.781. The van der Waals surface area contributed by atoms with Crippen LogP contribution in [0.1, 0.15) is 18.1 Å². The summed E-state index contributed by atoms with van der Waals surface area (Å²) in [6.07, 6.45) is -4.73. The molecule has 0 aliphatic rings. The van der Waals surface area contributed by atoms with Crippen LogP contribution in [0.2, 0.25) is 0 Å². The van der Waals surface area contributed by atoms with Gasteiger partial charge in [0.2, 0.25) is 0 Å². The molecule has 80 valence electrons. The summed E-state index contributed by atoms with van der Waals surface area (Å²) in [5.74, 6) is 0. The van der Waals surface area contributed by atoms with Crippen LogP contribution < -0.4 is 0 Å². The molecule has 1 aromatic carbocycles. The predicted molar refractivity (Wildman–Crippen MR) is 46.8 cm³/mol. The Morgan fingerprint density at radius 3 is 2.00 bits per heavy atom. The lowest BCUT2D eigenvalue weighted by atomic mass is 9.95. The van der Waals surface area contributed by atoms with E-state index in [0.717, 1.165) is 12.1 Å². The molecule has 1 atom stereocenters. The molecule has 0 aromatic heterocycles. The Morgan fingerprint density at radius 2 is 1.67 bits per heavy atom. The van der Waals surface area contributed by atoms with E-state index in [1.165, 1.54) is 12.1 Å². The second kappa shape index (κ2) is 3.55. The average molecular weight is 215 g/mol. The zero-order valence-corrected chi connectivity index (χ0v) is 7.84. The van der Waals surface area contributed by atoms with Gasteiger partial charge in [0.05, 0.1) is 11.6 Å². The molecule has 1 rings (SSSR count). The molecule has 0 heterocycles. The maximum absolute atomic E-state index is 12.4. The fraction of sp³-hybridized carbons (Fsp3) is 0.300. The van der Waals surface area contributed by atoms with Crippen LogP contribution in [0.5, 0.6) is 0 Å². The molecule has 0 radical (unpaired) electrons. The van der Waals surface area contributed by atoms with Crippen LogP contribution in [-0.4, -0.2) is 11.3 Å². The topological polar surface area (TPSA) is 44.0 Å². The van der Waals surface area contributed by atoms with E-state index >= 15 is 0 Å². The molecule has 5 heteroatoms. The lowest BCUT2D eigenvalue weighted by Crippen LogP contribution is -2.39. The maximum atomic E-state index is 12.4. The van der Waals surface area contributed by atoms with Gasteiger partial charge in [-0.2, -0.15) is 18.4 Å². The van der Waals surface area contributed by atoms with E-state index in [1.54, 1.807) is 6.07 Å². The fourth-order valence-corrected chi connectivity index (χ4v) is 1.03. The number of nitrogens with zero attached hydrogens (tertiary/aromatic N) is 1. The normalized spacial score (nSPS) is 15.5. The van der Waals surface area contributed by atoms with E-state index in [9.17, 15) is 18.3 Å². The third kappa shape index (κ3) is 2.10. The van der Waals surface area contributed by atoms with E-state index in [0.29, 0.717) is 6.92 Å². The first-order valence-corrected chi connectivity index (χ1v) is 4.09. The minimum absolute atomic E-state index is 0.247. The second-order valence-electron chi connectivity index (χ2n) is 3.26. The molecule has 0 saturated carbocycles. The van der Waals surface area contributed by atoms with Gasteiger partial charge in [0.25, 0.3) is 0 Å². The number of nitriles is 1. The van der Waals surface area contributed by atoms with Gasteiger partial charge in [0, 0.05) is 0 Å². The highest BCUT2D eigenvalue weighted by Crippen LogP contribution is 2.38. The Kier molecular flexibility index (Phi) is 2.73. The zero-order chi connectivity index (χ0) is 11.7. The molecule has 0 spiro atoms. The Balaban J connectivity index is 3.13. The van der Waals surface area contributed by atoms with Gasteiger partial charge in [-0.3, -0.25) is 0 Å². The molecule has 0 bridgehead atoms. The van der Waals surface area contributed by atoms with Crippen LogP contribution >= 0.6 is 0 Å². The van der Waals surface area contributed by atoms with Crippen molar-refractivity contribution < 1.29 is 18.3 Å². The highest BCUT2D eigenvalue weighted by Gasteiger charge is 2.50. The standard InChI is InChI=1S/C10H8F3NO/c1-9(15,10(11,12)13)8-4-2-7(6-14)3-5-8/h2-5,15H,1H3/t9-/m1/s1. The van der Waals surface area contributed by atoms with Crippen molar-refractivity contribution in [3.8, 4) is 6.07 Å².